The van der Waals surface area contributed by atoms with Crippen molar-refractivity contribution < 1.29 is 17.9 Å². The number of hydrogen-bond donors (Lipinski definition) is 0. The van der Waals surface area contributed by atoms with Crippen LogP contribution in [0.4, 0.5) is 19.1 Å². The van der Waals surface area contributed by atoms with Gasteiger partial charge in [0.1, 0.15) is 5.75 Å². The second-order valence-electron chi connectivity index (χ2n) is 6.42. The van der Waals surface area contributed by atoms with Crippen LogP contribution in [-0.4, -0.2) is 30.2 Å². The van der Waals surface area contributed by atoms with Gasteiger partial charge in [0.05, 0.1) is 12.7 Å². The number of para-hydroxylation sites is 1. The van der Waals surface area contributed by atoms with E-state index < -0.39 is 11.7 Å². The molecule has 1 fully saturated rings. The number of halogens is 3. The number of nitrogens with zero attached hydrogens (tertiary/aromatic N) is 3. The molecule has 0 amide bonds. The second kappa shape index (κ2) is 7.51. The molecule has 0 saturated carbocycles. The van der Waals surface area contributed by atoms with Crippen molar-refractivity contribution in [2.24, 2.45) is 0 Å². The molecule has 3 rings (SSSR count). The van der Waals surface area contributed by atoms with Crippen molar-refractivity contribution in [1.82, 2.24) is 9.97 Å². The number of anilines is 1. The van der Waals surface area contributed by atoms with E-state index in [-0.39, 0.29) is 0 Å². The Hall–Kier alpha value is -2.31. The molecule has 7 heteroatoms. The third-order valence-electron chi connectivity index (χ3n) is 4.90. The van der Waals surface area contributed by atoms with Crippen LogP contribution >= 0.6 is 0 Å². The fourth-order valence-electron chi connectivity index (χ4n) is 3.47. The van der Waals surface area contributed by atoms with E-state index in [4.69, 9.17) is 4.74 Å². The summed E-state index contributed by atoms with van der Waals surface area (Å²) in [6.07, 6.45) is -0.0339. The lowest BCUT2D eigenvalue weighted by molar-refractivity contribution is -0.138. The lowest BCUT2D eigenvalue weighted by atomic mass is 9.87. The van der Waals surface area contributed by atoms with E-state index in [9.17, 15) is 13.2 Å². The van der Waals surface area contributed by atoms with Crippen LogP contribution in [0.25, 0.3) is 0 Å². The predicted octanol–water partition coefficient (Wildman–Crippen LogP) is 4.45. The highest BCUT2D eigenvalue weighted by Crippen LogP contribution is 2.37. The predicted molar refractivity (Wildman–Crippen MR) is 93.6 cm³/mol. The number of ether oxygens (including phenoxy) is 1. The highest BCUT2D eigenvalue weighted by atomic mass is 19.4. The average molecular weight is 365 g/mol. The number of methoxy groups -OCH3 is 1. The monoisotopic (exact) mass is 365 g/mol. The topological polar surface area (TPSA) is 38.2 Å². The molecule has 2 heterocycles. The zero-order valence-electron chi connectivity index (χ0n) is 14.9. The molecular weight excluding hydrogens is 343 g/mol. The van der Waals surface area contributed by atoms with E-state index in [1.807, 2.05) is 4.90 Å². The Morgan fingerprint density at radius 3 is 2.35 bits per heavy atom. The quantitative estimate of drug-likeness (QED) is 0.802. The lowest BCUT2D eigenvalue weighted by Gasteiger charge is -2.33. The van der Waals surface area contributed by atoms with Gasteiger partial charge in [-0.2, -0.15) is 13.2 Å². The maximum atomic E-state index is 12.6. The number of benzene rings is 1. The summed E-state index contributed by atoms with van der Waals surface area (Å²) in [4.78, 5) is 9.73. The molecule has 140 valence electrons. The zero-order chi connectivity index (χ0) is 18.7. The molecule has 0 N–H and O–H groups in total. The minimum Gasteiger partial charge on any atom is -0.496 e. The van der Waals surface area contributed by atoms with Crippen molar-refractivity contribution in [2.45, 2.75) is 38.3 Å². The van der Waals surface area contributed by atoms with Crippen LogP contribution in [0.15, 0.2) is 30.6 Å². The summed E-state index contributed by atoms with van der Waals surface area (Å²) in [5, 5.41) is 0. The number of hydrogen-bond acceptors (Lipinski definition) is 4. The highest BCUT2D eigenvalue weighted by molar-refractivity contribution is 5.44. The van der Waals surface area contributed by atoms with Crippen molar-refractivity contribution in [3.8, 4) is 5.75 Å². The van der Waals surface area contributed by atoms with E-state index in [2.05, 4.69) is 35.1 Å². The van der Waals surface area contributed by atoms with Gasteiger partial charge in [-0.3, -0.25) is 0 Å². The van der Waals surface area contributed by atoms with Crippen LogP contribution in [0.3, 0.4) is 0 Å². The highest BCUT2D eigenvalue weighted by Gasteiger charge is 2.32. The summed E-state index contributed by atoms with van der Waals surface area (Å²) in [6, 6.07) is 6.24. The van der Waals surface area contributed by atoms with Gasteiger partial charge in [0.15, 0.2) is 0 Å². The van der Waals surface area contributed by atoms with Gasteiger partial charge < -0.3 is 9.64 Å². The van der Waals surface area contributed by atoms with Crippen molar-refractivity contribution in [1.29, 1.82) is 0 Å². The Labute approximate surface area is 151 Å². The van der Waals surface area contributed by atoms with Gasteiger partial charge in [-0.15, -0.1) is 0 Å². The summed E-state index contributed by atoms with van der Waals surface area (Å²) in [6.45, 7) is 3.51. The van der Waals surface area contributed by atoms with Crippen LogP contribution in [-0.2, 0) is 12.6 Å². The summed E-state index contributed by atoms with van der Waals surface area (Å²) in [5.74, 6) is 1.67. The smallest absolute Gasteiger partial charge is 0.419 e. The van der Waals surface area contributed by atoms with Crippen molar-refractivity contribution in [3.05, 3.63) is 47.3 Å². The van der Waals surface area contributed by atoms with Crippen LogP contribution < -0.4 is 9.64 Å². The second-order valence-corrected chi connectivity index (χ2v) is 6.42. The van der Waals surface area contributed by atoms with Crippen LogP contribution in [0.2, 0.25) is 0 Å². The third kappa shape index (κ3) is 3.76. The molecule has 1 aliphatic heterocycles. The van der Waals surface area contributed by atoms with Gasteiger partial charge in [0.2, 0.25) is 5.95 Å². The fraction of sp³-hybridized carbons (Fsp3) is 0.474. The fourth-order valence-corrected chi connectivity index (χ4v) is 3.47. The maximum absolute atomic E-state index is 12.6. The van der Waals surface area contributed by atoms with E-state index >= 15 is 0 Å². The Morgan fingerprint density at radius 1 is 1.15 bits per heavy atom. The van der Waals surface area contributed by atoms with Gasteiger partial charge in [0.25, 0.3) is 0 Å². The molecule has 0 unspecified atom stereocenters. The third-order valence-corrected chi connectivity index (χ3v) is 4.90. The molecule has 0 radical (unpaired) electrons. The first-order valence-corrected chi connectivity index (χ1v) is 8.74. The summed E-state index contributed by atoms with van der Waals surface area (Å²) < 4.78 is 43.5. The number of rotatable bonds is 4. The van der Waals surface area contributed by atoms with Crippen LogP contribution in [0.5, 0.6) is 5.75 Å². The molecule has 1 aromatic heterocycles. The first-order chi connectivity index (χ1) is 12.4. The van der Waals surface area contributed by atoms with Gasteiger partial charge in [0, 0.05) is 25.5 Å². The van der Waals surface area contributed by atoms with E-state index in [1.165, 1.54) is 11.1 Å². The Bertz CT molecular complexity index is 739. The first-order valence-electron chi connectivity index (χ1n) is 8.74. The molecular formula is C19H22F3N3O. The summed E-state index contributed by atoms with van der Waals surface area (Å²) in [7, 11) is 1.70. The van der Waals surface area contributed by atoms with Gasteiger partial charge in [-0.05, 0) is 36.3 Å². The number of piperidine rings is 1. The van der Waals surface area contributed by atoms with Crippen LogP contribution in [0, 0.1) is 0 Å². The number of aromatic nitrogens is 2. The van der Waals surface area contributed by atoms with Crippen molar-refractivity contribution >= 4 is 5.95 Å². The van der Waals surface area contributed by atoms with Gasteiger partial charge >= 0.3 is 6.18 Å². The van der Waals surface area contributed by atoms with E-state index in [0.717, 1.165) is 37.4 Å². The Kier molecular flexibility index (Phi) is 5.34. The zero-order valence-corrected chi connectivity index (χ0v) is 14.9. The Morgan fingerprint density at radius 2 is 1.81 bits per heavy atom. The lowest BCUT2D eigenvalue weighted by Crippen LogP contribution is -2.34. The molecule has 1 aliphatic rings. The minimum absolute atomic E-state index is 0.353. The van der Waals surface area contributed by atoms with Crippen molar-refractivity contribution in [2.75, 3.05) is 25.1 Å². The average Bonchev–Trinajstić information content (AvgIpc) is 2.67. The largest absolute Gasteiger partial charge is 0.496 e. The molecule has 0 aliphatic carbocycles. The van der Waals surface area contributed by atoms with Crippen LogP contribution in [0.1, 0.15) is 42.4 Å². The van der Waals surface area contributed by atoms with E-state index in [0.29, 0.717) is 25.0 Å². The van der Waals surface area contributed by atoms with Gasteiger partial charge in [-0.25, -0.2) is 9.97 Å². The standard InChI is InChI=1S/C19H22F3N3O/c1-3-13-5-4-6-16(17(13)26-2)14-7-9-25(10-8-14)18-23-11-15(12-24-18)19(20,21)22/h4-6,11-12,14H,3,7-10H2,1-2H3. The SMILES string of the molecule is CCc1cccc(C2CCN(c3ncc(C(F)(F)F)cn3)CC2)c1OC. The minimum atomic E-state index is -4.41. The maximum Gasteiger partial charge on any atom is 0.419 e. The molecule has 4 nitrogen and oxygen atoms in total. The van der Waals surface area contributed by atoms with Crippen molar-refractivity contribution in [3.63, 3.8) is 0 Å². The molecule has 0 bridgehead atoms. The molecule has 0 spiro atoms. The summed E-state index contributed by atoms with van der Waals surface area (Å²) >= 11 is 0. The van der Waals surface area contributed by atoms with Gasteiger partial charge in [-0.1, -0.05) is 25.1 Å². The number of aryl methyl sites for hydroxylation is 1. The molecule has 1 aromatic carbocycles. The molecule has 0 atom stereocenters. The first kappa shape index (κ1) is 18.5. The number of alkyl halides is 3. The molecule has 2 aromatic rings. The Balaban J connectivity index is 1.70. The van der Waals surface area contributed by atoms with E-state index in [1.54, 1.807) is 7.11 Å². The summed E-state index contributed by atoms with van der Waals surface area (Å²) in [5.41, 5.74) is 1.58. The molecule has 26 heavy (non-hydrogen) atoms. The normalized spacial score (nSPS) is 16.0. The molecule has 1 saturated heterocycles.